The molecule has 0 aliphatic rings. The van der Waals surface area contributed by atoms with Crippen LogP contribution < -0.4 is 5.32 Å². The molecule has 0 unspecified atom stereocenters. The fourth-order valence-electron chi connectivity index (χ4n) is 1.46. The highest BCUT2D eigenvalue weighted by atomic mass is 35.5. The second-order valence-corrected chi connectivity index (χ2v) is 4.28. The molecule has 0 spiro atoms. The highest BCUT2D eigenvalue weighted by Crippen LogP contribution is 2.21. The van der Waals surface area contributed by atoms with E-state index in [1.165, 1.54) is 12.1 Å². The molecular formula is C11H11ClN4O3. The second kappa shape index (κ2) is 5.23. The minimum Gasteiger partial charge on any atom is -0.444 e. The van der Waals surface area contributed by atoms with E-state index < -0.39 is 4.92 Å². The summed E-state index contributed by atoms with van der Waals surface area (Å²) in [7, 11) is 0. The lowest BCUT2D eigenvalue weighted by Crippen LogP contribution is -2.02. The number of pyridine rings is 1. The van der Waals surface area contributed by atoms with Crippen LogP contribution in [0, 0.1) is 24.0 Å². The average Bonchev–Trinajstić information content (AvgIpc) is 2.65. The zero-order valence-electron chi connectivity index (χ0n) is 10.3. The molecule has 0 atom stereocenters. The fraction of sp³-hybridized carbons (Fsp3) is 0.273. The lowest BCUT2D eigenvalue weighted by Gasteiger charge is -2.03. The summed E-state index contributed by atoms with van der Waals surface area (Å²) in [4.78, 5) is 18.3. The molecule has 2 aromatic heterocycles. The van der Waals surface area contributed by atoms with Crippen molar-refractivity contribution in [1.82, 2.24) is 9.97 Å². The summed E-state index contributed by atoms with van der Waals surface area (Å²) in [6, 6.07) is 2.49. The molecule has 2 aromatic rings. The number of nitrogens with zero attached hydrogens (tertiary/aromatic N) is 3. The minimum absolute atomic E-state index is 0.0523. The van der Waals surface area contributed by atoms with Crippen LogP contribution >= 0.6 is 11.6 Å². The van der Waals surface area contributed by atoms with Crippen LogP contribution in [-0.4, -0.2) is 14.9 Å². The molecule has 0 bridgehead atoms. The highest BCUT2D eigenvalue weighted by molar-refractivity contribution is 6.29. The highest BCUT2D eigenvalue weighted by Gasteiger charge is 2.11. The SMILES string of the molecule is Cc1nc(CNc2cc([N+](=O)[O-])cc(Cl)n2)oc1C. The molecule has 2 rings (SSSR count). The Morgan fingerprint density at radius 1 is 1.42 bits per heavy atom. The van der Waals surface area contributed by atoms with Crippen LogP contribution in [0.3, 0.4) is 0 Å². The molecule has 100 valence electrons. The summed E-state index contributed by atoms with van der Waals surface area (Å²) in [5.74, 6) is 1.52. The van der Waals surface area contributed by atoms with E-state index in [1.54, 1.807) is 0 Å². The third-order valence-corrected chi connectivity index (χ3v) is 2.68. The number of hydrogen-bond donors (Lipinski definition) is 1. The minimum atomic E-state index is -0.530. The van der Waals surface area contributed by atoms with E-state index in [0.717, 1.165) is 11.5 Å². The van der Waals surface area contributed by atoms with Crippen molar-refractivity contribution < 1.29 is 9.34 Å². The van der Waals surface area contributed by atoms with Crippen molar-refractivity contribution >= 4 is 23.1 Å². The summed E-state index contributed by atoms with van der Waals surface area (Å²) >= 11 is 5.71. The van der Waals surface area contributed by atoms with Crippen LogP contribution in [0.4, 0.5) is 11.5 Å². The number of anilines is 1. The Hall–Kier alpha value is -2.15. The molecule has 0 aromatic carbocycles. The number of nitrogens with one attached hydrogen (secondary N) is 1. The average molecular weight is 283 g/mol. The van der Waals surface area contributed by atoms with E-state index in [9.17, 15) is 10.1 Å². The van der Waals surface area contributed by atoms with Crippen molar-refractivity contribution in [3.8, 4) is 0 Å². The topological polar surface area (TPSA) is 94.1 Å². The number of halogens is 1. The number of hydrogen-bond acceptors (Lipinski definition) is 6. The maximum atomic E-state index is 10.7. The molecule has 0 saturated carbocycles. The van der Waals surface area contributed by atoms with Gasteiger partial charge in [-0.2, -0.15) is 0 Å². The van der Waals surface area contributed by atoms with Gasteiger partial charge in [0.2, 0.25) is 5.89 Å². The monoisotopic (exact) mass is 282 g/mol. The van der Waals surface area contributed by atoms with Gasteiger partial charge in [-0.05, 0) is 13.8 Å². The van der Waals surface area contributed by atoms with Crippen LogP contribution in [0.25, 0.3) is 0 Å². The molecule has 0 radical (unpaired) electrons. The molecule has 1 N–H and O–H groups in total. The molecule has 0 saturated heterocycles. The van der Waals surface area contributed by atoms with Gasteiger partial charge in [0, 0.05) is 0 Å². The number of aromatic nitrogens is 2. The normalized spacial score (nSPS) is 10.5. The lowest BCUT2D eigenvalue weighted by atomic mass is 10.4. The molecule has 2 heterocycles. The Kier molecular flexibility index (Phi) is 3.66. The third-order valence-electron chi connectivity index (χ3n) is 2.48. The van der Waals surface area contributed by atoms with Gasteiger partial charge in [-0.1, -0.05) is 11.6 Å². The first-order valence-corrected chi connectivity index (χ1v) is 5.82. The maximum Gasteiger partial charge on any atom is 0.276 e. The van der Waals surface area contributed by atoms with E-state index >= 15 is 0 Å². The van der Waals surface area contributed by atoms with Gasteiger partial charge in [-0.3, -0.25) is 10.1 Å². The Balaban J connectivity index is 2.13. The van der Waals surface area contributed by atoms with Crippen molar-refractivity contribution in [3.05, 3.63) is 44.7 Å². The van der Waals surface area contributed by atoms with Crippen molar-refractivity contribution in [1.29, 1.82) is 0 Å². The van der Waals surface area contributed by atoms with E-state index in [4.69, 9.17) is 16.0 Å². The standard InChI is InChI=1S/C11H11ClN4O3/c1-6-7(2)19-11(14-6)5-13-10-4-8(16(17)18)3-9(12)15-10/h3-4H,5H2,1-2H3,(H,13,15). The summed E-state index contributed by atoms with van der Waals surface area (Å²) in [6.45, 7) is 3.93. The number of aryl methyl sites for hydroxylation is 2. The van der Waals surface area contributed by atoms with Gasteiger partial charge in [-0.25, -0.2) is 9.97 Å². The smallest absolute Gasteiger partial charge is 0.276 e. The van der Waals surface area contributed by atoms with Gasteiger partial charge < -0.3 is 9.73 Å². The first kappa shape index (κ1) is 13.3. The van der Waals surface area contributed by atoms with E-state index in [2.05, 4.69) is 15.3 Å². The molecule has 7 nitrogen and oxygen atoms in total. The van der Waals surface area contributed by atoms with Crippen LogP contribution in [-0.2, 0) is 6.54 Å². The van der Waals surface area contributed by atoms with E-state index in [1.807, 2.05) is 13.8 Å². The Labute approximate surface area is 113 Å². The van der Waals surface area contributed by atoms with E-state index in [0.29, 0.717) is 11.7 Å². The van der Waals surface area contributed by atoms with Crippen LogP contribution in [0.15, 0.2) is 16.5 Å². The summed E-state index contributed by atoms with van der Waals surface area (Å²) in [5.41, 5.74) is 0.684. The molecule has 0 aliphatic carbocycles. The number of nitro groups is 1. The van der Waals surface area contributed by atoms with Crippen molar-refractivity contribution in [3.63, 3.8) is 0 Å². The molecule has 0 fully saturated rings. The Morgan fingerprint density at radius 3 is 2.74 bits per heavy atom. The van der Waals surface area contributed by atoms with Crippen LogP contribution in [0.5, 0.6) is 0 Å². The van der Waals surface area contributed by atoms with Crippen molar-refractivity contribution in [2.45, 2.75) is 20.4 Å². The second-order valence-electron chi connectivity index (χ2n) is 3.89. The fourth-order valence-corrected chi connectivity index (χ4v) is 1.66. The van der Waals surface area contributed by atoms with Crippen molar-refractivity contribution in [2.75, 3.05) is 5.32 Å². The van der Waals surface area contributed by atoms with Crippen LogP contribution in [0.2, 0.25) is 5.15 Å². The molecule has 19 heavy (non-hydrogen) atoms. The largest absolute Gasteiger partial charge is 0.444 e. The summed E-state index contributed by atoms with van der Waals surface area (Å²) in [5, 5.41) is 13.6. The molecular weight excluding hydrogens is 272 g/mol. The predicted molar refractivity (Wildman–Crippen MR) is 69.2 cm³/mol. The van der Waals surface area contributed by atoms with Crippen LogP contribution in [0.1, 0.15) is 17.3 Å². The van der Waals surface area contributed by atoms with Gasteiger partial charge >= 0.3 is 0 Å². The van der Waals surface area contributed by atoms with Crippen molar-refractivity contribution in [2.24, 2.45) is 0 Å². The summed E-state index contributed by atoms with van der Waals surface area (Å²) < 4.78 is 5.38. The maximum absolute atomic E-state index is 10.7. The van der Waals surface area contributed by atoms with Gasteiger partial charge in [0.15, 0.2) is 0 Å². The zero-order chi connectivity index (χ0) is 14.0. The molecule has 0 aliphatic heterocycles. The Bertz CT molecular complexity index is 607. The molecule has 8 heteroatoms. The van der Waals surface area contributed by atoms with Gasteiger partial charge in [0.1, 0.15) is 16.7 Å². The predicted octanol–water partition coefficient (Wildman–Crippen LogP) is 2.86. The summed E-state index contributed by atoms with van der Waals surface area (Å²) in [6.07, 6.45) is 0. The zero-order valence-corrected chi connectivity index (χ0v) is 11.1. The number of oxazole rings is 1. The lowest BCUT2D eigenvalue weighted by molar-refractivity contribution is -0.384. The quantitative estimate of drug-likeness (QED) is 0.526. The van der Waals surface area contributed by atoms with E-state index in [-0.39, 0.29) is 17.4 Å². The first-order chi connectivity index (χ1) is 8.95. The van der Waals surface area contributed by atoms with Gasteiger partial charge in [0.05, 0.1) is 29.3 Å². The van der Waals surface area contributed by atoms with Gasteiger partial charge in [0.25, 0.3) is 5.69 Å². The Morgan fingerprint density at radius 2 is 2.16 bits per heavy atom. The molecule has 0 amide bonds. The van der Waals surface area contributed by atoms with Gasteiger partial charge in [-0.15, -0.1) is 0 Å². The number of rotatable bonds is 4. The third kappa shape index (κ3) is 3.19. The first-order valence-electron chi connectivity index (χ1n) is 5.44.